The number of nitrogens with zero attached hydrogens (tertiary/aromatic N) is 1. The van der Waals surface area contributed by atoms with E-state index in [2.05, 4.69) is 58.2 Å². The first-order valence-electron chi connectivity index (χ1n) is 12.7. The Bertz CT molecular complexity index is 898. The summed E-state index contributed by atoms with van der Waals surface area (Å²) in [4.78, 5) is 4.57. The van der Waals surface area contributed by atoms with Crippen LogP contribution in [0.4, 0.5) is 11.5 Å². The molecule has 34 heavy (non-hydrogen) atoms. The minimum Gasteiger partial charge on any atom is -0.385 e. The van der Waals surface area contributed by atoms with Gasteiger partial charge in [0.15, 0.2) is 0 Å². The Hall–Kier alpha value is -1.86. The van der Waals surface area contributed by atoms with E-state index >= 15 is 0 Å². The number of pyridine rings is 1. The van der Waals surface area contributed by atoms with Gasteiger partial charge in [0.2, 0.25) is 0 Å². The largest absolute Gasteiger partial charge is 0.385 e. The summed E-state index contributed by atoms with van der Waals surface area (Å²) in [6.45, 7) is 5.66. The molecule has 2 aromatic rings. The molecule has 1 saturated heterocycles. The van der Waals surface area contributed by atoms with Gasteiger partial charge in [0, 0.05) is 62.4 Å². The van der Waals surface area contributed by atoms with Gasteiger partial charge in [0.05, 0.1) is 11.6 Å². The van der Waals surface area contributed by atoms with Crippen LogP contribution in [0.15, 0.2) is 36.5 Å². The van der Waals surface area contributed by atoms with Gasteiger partial charge in [-0.2, -0.15) is 0 Å². The van der Waals surface area contributed by atoms with Crippen LogP contribution in [0.2, 0.25) is 5.02 Å². The van der Waals surface area contributed by atoms with E-state index in [1.807, 2.05) is 0 Å². The molecular formula is C27H39ClN4O2. The van der Waals surface area contributed by atoms with E-state index in [4.69, 9.17) is 21.1 Å². The molecule has 3 N–H and O–H groups in total. The summed E-state index contributed by atoms with van der Waals surface area (Å²) < 4.78 is 10.7. The Balaban J connectivity index is 1.34. The van der Waals surface area contributed by atoms with Crippen molar-refractivity contribution in [3.05, 3.63) is 41.6 Å². The lowest BCUT2D eigenvalue weighted by Crippen LogP contribution is -2.42. The average Bonchev–Trinajstić information content (AvgIpc) is 2.86. The monoisotopic (exact) mass is 486 g/mol. The van der Waals surface area contributed by atoms with E-state index in [1.165, 1.54) is 0 Å². The Morgan fingerprint density at radius 3 is 2.62 bits per heavy atom. The number of hydrogen-bond acceptors (Lipinski definition) is 6. The van der Waals surface area contributed by atoms with Gasteiger partial charge in [0.1, 0.15) is 5.82 Å². The second kappa shape index (κ2) is 12.7. The van der Waals surface area contributed by atoms with Crippen molar-refractivity contribution in [3.63, 3.8) is 0 Å². The van der Waals surface area contributed by atoms with Gasteiger partial charge in [-0.3, -0.25) is 0 Å². The normalized spacial score (nSPS) is 22.3. The highest BCUT2D eigenvalue weighted by molar-refractivity contribution is 6.33. The Labute approximate surface area is 209 Å². The lowest BCUT2D eigenvalue weighted by atomic mass is 9.90. The first kappa shape index (κ1) is 25.2. The minimum absolute atomic E-state index is 0.391. The van der Waals surface area contributed by atoms with Crippen molar-refractivity contribution in [1.29, 1.82) is 0 Å². The van der Waals surface area contributed by atoms with Crippen molar-refractivity contribution in [2.75, 3.05) is 44.1 Å². The first-order chi connectivity index (χ1) is 16.6. The van der Waals surface area contributed by atoms with Crippen LogP contribution in [-0.2, 0) is 9.47 Å². The molecule has 1 saturated carbocycles. The summed E-state index contributed by atoms with van der Waals surface area (Å²) >= 11 is 6.57. The Kier molecular flexibility index (Phi) is 9.45. The lowest BCUT2D eigenvalue weighted by Gasteiger charge is -2.32. The Morgan fingerprint density at radius 2 is 1.85 bits per heavy atom. The number of halogens is 1. The SMILES string of the molecule is COCC(C)NC1CCC(Nc2cc(-c3cccc(NCC4CCOCC4)c3)c(Cl)cn2)CC1. The fourth-order valence-corrected chi connectivity index (χ4v) is 5.27. The van der Waals surface area contributed by atoms with Crippen molar-refractivity contribution in [3.8, 4) is 11.1 Å². The fraction of sp³-hybridized carbons (Fsp3) is 0.593. The molecule has 0 amide bonds. The van der Waals surface area contributed by atoms with Crippen LogP contribution in [0.1, 0.15) is 45.4 Å². The van der Waals surface area contributed by atoms with E-state index in [0.717, 1.165) is 87.5 Å². The highest BCUT2D eigenvalue weighted by Gasteiger charge is 2.22. The third-order valence-electron chi connectivity index (χ3n) is 6.98. The quantitative estimate of drug-likeness (QED) is 0.407. The summed E-state index contributed by atoms with van der Waals surface area (Å²) in [5.41, 5.74) is 3.24. The molecule has 1 aliphatic heterocycles. The molecule has 1 aromatic carbocycles. The number of nitrogens with one attached hydrogen (secondary N) is 3. The molecule has 0 spiro atoms. The molecule has 2 heterocycles. The molecule has 6 nitrogen and oxygen atoms in total. The highest BCUT2D eigenvalue weighted by atomic mass is 35.5. The van der Waals surface area contributed by atoms with Crippen molar-refractivity contribution >= 4 is 23.1 Å². The van der Waals surface area contributed by atoms with Crippen LogP contribution in [0.3, 0.4) is 0 Å². The molecule has 0 bridgehead atoms. The lowest BCUT2D eigenvalue weighted by molar-refractivity contribution is 0.0699. The Morgan fingerprint density at radius 1 is 1.09 bits per heavy atom. The zero-order chi connectivity index (χ0) is 23.8. The van der Waals surface area contributed by atoms with Gasteiger partial charge in [-0.25, -0.2) is 4.98 Å². The molecule has 7 heteroatoms. The van der Waals surface area contributed by atoms with E-state index in [9.17, 15) is 0 Å². The number of ether oxygens (including phenoxy) is 2. The van der Waals surface area contributed by atoms with E-state index in [-0.39, 0.29) is 0 Å². The van der Waals surface area contributed by atoms with Gasteiger partial charge in [0.25, 0.3) is 0 Å². The van der Waals surface area contributed by atoms with Crippen LogP contribution in [-0.4, -0.2) is 56.6 Å². The zero-order valence-electron chi connectivity index (χ0n) is 20.5. The zero-order valence-corrected chi connectivity index (χ0v) is 21.2. The molecule has 1 aromatic heterocycles. The van der Waals surface area contributed by atoms with Gasteiger partial charge >= 0.3 is 0 Å². The second-order valence-corrected chi connectivity index (χ2v) is 10.2. The maximum absolute atomic E-state index is 6.57. The van der Waals surface area contributed by atoms with Gasteiger partial charge in [-0.05, 0) is 75.1 Å². The standard InChI is InChI=1S/C27H39ClN4O2/c1-19(18-33-2)31-22-6-8-23(9-7-22)32-27-15-25(26(28)17-30-27)21-4-3-5-24(14-21)29-16-20-10-12-34-13-11-20/h3-5,14-15,17,19-20,22-23,29,31H,6-13,16,18H2,1-2H3,(H,30,32). The minimum atomic E-state index is 0.391. The van der Waals surface area contributed by atoms with Gasteiger partial charge in [-0.1, -0.05) is 23.7 Å². The number of methoxy groups -OCH3 is 1. The van der Waals surface area contributed by atoms with Gasteiger partial charge < -0.3 is 25.4 Å². The molecule has 1 aliphatic carbocycles. The first-order valence-corrected chi connectivity index (χ1v) is 13.1. The summed E-state index contributed by atoms with van der Waals surface area (Å²) in [6, 6.07) is 12.0. The van der Waals surface area contributed by atoms with Crippen LogP contribution in [0.5, 0.6) is 0 Å². The number of anilines is 2. The molecule has 1 atom stereocenters. The van der Waals surface area contributed by atoms with Crippen molar-refractivity contribution in [1.82, 2.24) is 10.3 Å². The van der Waals surface area contributed by atoms with E-state index < -0.39 is 0 Å². The highest BCUT2D eigenvalue weighted by Crippen LogP contribution is 2.32. The predicted molar refractivity (Wildman–Crippen MR) is 141 cm³/mol. The summed E-state index contributed by atoms with van der Waals surface area (Å²) in [5.74, 6) is 1.57. The average molecular weight is 487 g/mol. The van der Waals surface area contributed by atoms with E-state index in [1.54, 1.807) is 13.3 Å². The molecule has 2 aliphatic rings. The topological polar surface area (TPSA) is 67.4 Å². The molecule has 186 valence electrons. The van der Waals surface area contributed by atoms with Gasteiger partial charge in [-0.15, -0.1) is 0 Å². The van der Waals surface area contributed by atoms with Crippen molar-refractivity contribution < 1.29 is 9.47 Å². The number of benzene rings is 1. The maximum atomic E-state index is 6.57. The smallest absolute Gasteiger partial charge is 0.126 e. The third kappa shape index (κ3) is 7.32. The van der Waals surface area contributed by atoms with Crippen LogP contribution in [0.25, 0.3) is 11.1 Å². The van der Waals surface area contributed by atoms with Crippen LogP contribution >= 0.6 is 11.6 Å². The third-order valence-corrected chi connectivity index (χ3v) is 7.28. The van der Waals surface area contributed by atoms with E-state index in [0.29, 0.717) is 29.1 Å². The van der Waals surface area contributed by atoms with Crippen molar-refractivity contribution in [2.24, 2.45) is 5.92 Å². The molecular weight excluding hydrogens is 448 g/mol. The maximum Gasteiger partial charge on any atom is 0.126 e. The van der Waals surface area contributed by atoms with Crippen LogP contribution in [0, 0.1) is 5.92 Å². The molecule has 4 rings (SSSR count). The summed E-state index contributed by atoms with van der Waals surface area (Å²) in [5, 5.41) is 11.6. The predicted octanol–water partition coefficient (Wildman–Crippen LogP) is 5.59. The number of rotatable bonds is 10. The second-order valence-electron chi connectivity index (χ2n) is 9.78. The van der Waals surface area contributed by atoms with Crippen molar-refractivity contribution in [2.45, 2.75) is 63.6 Å². The molecule has 2 fully saturated rings. The molecule has 1 unspecified atom stereocenters. The summed E-state index contributed by atoms with van der Waals surface area (Å²) in [6.07, 6.45) is 8.59. The van der Waals surface area contributed by atoms with Crippen LogP contribution < -0.4 is 16.0 Å². The molecule has 0 radical (unpaired) electrons. The number of hydrogen-bond donors (Lipinski definition) is 3. The number of aromatic nitrogens is 1. The summed E-state index contributed by atoms with van der Waals surface area (Å²) in [7, 11) is 1.76. The fourth-order valence-electron chi connectivity index (χ4n) is 5.06.